The lowest BCUT2D eigenvalue weighted by Crippen LogP contribution is -2.30. The van der Waals surface area contributed by atoms with Crippen LogP contribution in [-0.2, 0) is 4.79 Å². The maximum absolute atomic E-state index is 12.1. The molecule has 0 spiro atoms. The number of hydrogen-bond acceptors (Lipinski definition) is 3. The number of aryl methyl sites for hydroxylation is 1. The van der Waals surface area contributed by atoms with Crippen molar-refractivity contribution in [2.24, 2.45) is 5.92 Å². The first kappa shape index (κ1) is 17.2. The Morgan fingerprint density at radius 1 is 1.19 bits per heavy atom. The number of hydrogen-bond donors (Lipinski definition) is 3. The summed E-state index contributed by atoms with van der Waals surface area (Å²) >= 11 is 0. The van der Waals surface area contributed by atoms with Gasteiger partial charge < -0.3 is 16.0 Å². The summed E-state index contributed by atoms with van der Waals surface area (Å²) < 4.78 is 0. The van der Waals surface area contributed by atoms with Gasteiger partial charge in [0, 0.05) is 30.3 Å². The summed E-state index contributed by atoms with van der Waals surface area (Å²) in [5, 5.41) is 8.82. The number of benzene rings is 1. The maximum Gasteiger partial charge on any atom is 0.251 e. The lowest BCUT2D eigenvalue weighted by Gasteiger charge is -2.14. The first-order chi connectivity index (χ1) is 9.99. The molecule has 0 aliphatic rings. The monoisotopic (exact) mass is 291 g/mol. The fourth-order valence-electron chi connectivity index (χ4n) is 1.92. The predicted octanol–water partition coefficient (Wildman–Crippen LogP) is 1.93. The molecule has 2 amide bonds. The van der Waals surface area contributed by atoms with Gasteiger partial charge >= 0.3 is 0 Å². The molecule has 0 saturated carbocycles. The van der Waals surface area contributed by atoms with Crippen LogP contribution in [0.15, 0.2) is 18.2 Å². The topological polar surface area (TPSA) is 70.2 Å². The average Bonchev–Trinajstić information content (AvgIpc) is 2.46. The van der Waals surface area contributed by atoms with E-state index in [4.69, 9.17) is 0 Å². The SMILES string of the molecule is CCNCC(C)C(=O)Nc1ccc(C(=O)NCC)cc1C. The van der Waals surface area contributed by atoms with E-state index in [1.165, 1.54) is 0 Å². The molecular formula is C16H25N3O2. The van der Waals surface area contributed by atoms with Crippen LogP contribution in [0.25, 0.3) is 0 Å². The molecule has 0 aliphatic heterocycles. The number of carbonyl (C=O) groups is 2. The van der Waals surface area contributed by atoms with E-state index in [2.05, 4.69) is 16.0 Å². The molecule has 0 saturated heterocycles. The molecule has 1 atom stereocenters. The second-order valence-corrected chi connectivity index (χ2v) is 5.09. The molecule has 1 rings (SSSR count). The Bertz CT molecular complexity index is 500. The van der Waals surface area contributed by atoms with Crippen LogP contribution in [0, 0.1) is 12.8 Å². The summed E-state index contributed by atoms with van der Waals surface area (Å²) in [5.41, 5.74) is 2.23. The van der Waals surface area contributed by atoms with Gasteiger partial charge in [-0.2, -0.15) is 0 Å². The highest BCUT2D eigenvalue weighted by atomic mass is 16.2. The van der Waals surface area contributed by atoms with Gasteiger partial charge in [-0.3, -0.25) is 9.59 Å². The van der Waals surface area contributed by atoms with Crippen molar-refractivity contribution in [3.8, 4) is 0 Å². The largest absolute Gasteiger partial charge is 0.352 e. The highest BCUT2D eigenvalue weighted by molar-refractivity contribution is 5.97. The zero-order chi connectivity index (χ0) is 15.8. The second-order valence-electron chi connectivity index (χ2n) is 5.09. The Hall–Kier alpha value is -1.88. The lowest BCUT2D eigenvalue weighted by molar-refractivity contribution is -0.119. The molecule has 3 N–H and O–H groups in total. The summed E-state index contributed by atoms with van der Waals surface area (Å²) in [5.74, 6) is -0.226. The molecule has 1 unspecified atom stereocenters. The van der Waals surface area contributed by atoms with Gasteiger partial charge in [-0.25, -0.2) is 0 Å². The minimum absolute atomic E-state index is 0.0233. The molecule has 0 radical (unpaired) electrons. The molecule has 116 valence electrons. The Morgan fingerprint density at radius 3 is 2.48 bits per heavy atom. The average molecular weight is 291 g/mol. The highest BCUT2D eigenvalue weighted by Gasteiger charge is 2.14. The van der Waals surface area contributed by atoms with E-state index in [0.29, 0.717) is 18.7 Å². The molecule has 1 aromatic rings. The van der Waals surface area contributed by atoms with Crippen molar-refractivity contribution in [2.45, 2.75) is 27.7 Å². The van der Waals surface area contributed by atoms with Crippen molar-refractivity contribution in [3.05, 3.63) is 29.3 Å². The van der Waals surface area contributed by atoms with Gasteiger partial charge in [0.1, 0.15) is 0 Å². The van der Waals surface area contributed by atoms with Crippen LogP contribution < -0.4 is 16.0 Å². The minimum Gasteiger partial charge on any atom is -0.352 e. The van der Waals surface area contributed by atoms with E-state index in [1.807, 2.05) is 27.7 Å². The third-order valence-corrected chi connectivity index (χ3v) is 3.23. The number of nitrogens with one attached hydrogen (secondary N) is 3. The quantitative estimate of drug-likeness (QED) is 0.719. The van der Waals surface area contributed by atoms with E-state index in [1.54, 1.807) is 18.2 Å². The molecule has 21 heavy (non-hydrogen) atoms. The van der Waals surface area contributed by atoms with Gasteiger partial charge in [0.2, 0.25) is 5.91 Å². The minimum atomic E-state index is -0.104. The van der Waals surface area contributed by atoms with E-state index in [9.17, 15) is 9.59 Å². The zero-order valence-corrected chi connectivity index (χ0v) is 13.2. The Morgan fingerprint density at radius 2 is 1.90 bits per heavy atom. The van der Waals surface area contributed by atoms with Crippen molar-refractivity contribution in [2.75, 3.05) is 25.0 Å². The summed E-state index contributed by atoms with van der Waals surface area (Å²) in [4.78, 5) is 23.8. The maximum atomic E-state index is 12.1. The molecular weight excluding hydrogens is 266 g/mol. The van der Waals surface area contributed by atoms with Crippen molar-refractivity contribution >= 4 is 17.5 Å². The summed E-state index contributed by atoms with van der Waals surface area (Å²) in [6.07, 6.45) is 0. The van der Waals surface area contributed by atoms with Crippen molar-refractivity contribution in [3.63, 3.8) is 0 Å². The molecule has 0 fully saturated rings. The molecule has 5 nitrogen and oxygen atoms in total. The van der Waals surface area contributed by atoms with E-state index < -0.39 is 0 Å². The molecule has 0 heterocycles. The summed E-state index contributed by atoms with van der Waals surface area (Å²) in [7, 11) is 0. The van der Waals surface area contributed by atoms with Gasteiger partial charge in [0.15, 0.2) is 0 Å². The van der Waals surface area contributed by atoms with Crippen LogP contribution in [0.5, 0.6) is 0 Å². The lowest BCUT2D eigenvalue weighted by atomic mass is 10.1. The normalized spacial score (nSPS) is 11.8. The fraction of sp³-hybridized carbons (Fsp3) is 0.500. The van der Waals surface area contributed by atoms with Crippen LogP contribution in [0.2, 0.25) is 0 Å². The predicted molar refractivity (Wildman–Crippen MR) is 85.5 cm³/mol. The van der Waals surface area contributed by atoms with E-state index in [-0.39, 0.29) is 17.7 Å². The smallest absolute Gasteiger partial charge is 0.251 e. The first-order valence-electron chi connectivity index (χ1n) is 7.40. The molecule has 0 aliphatic carbocycles. The Balaban J connectivity index is 2.72. The summed E-state index contributed by atoms with van der Waals surface area (Å²) in [6.45, 7) is 9.75. The summed E-state index contributed by atoms with van der Waals surface area (Å²) in [6, 6.07) is 5.29. The fourth-order valence-corrected chi connectivity index (χ4v) is 1.92. The van der Waals surface area contributed by atoms with Crippen LogP contribution in [0.3, 0.4) is 0 Å². The van der Waals surface area contributed by atoms with Crippen LogP contribution in [0.4, 0.5) is 5.69 Å². The van der Waals surface area contributed by atoms with Gasteiger partial charge in [-0.05, 0) is 44.2 Å². The first-order valence-corrected chi connectivity index (χ1v) is 7.40. The van der Waals surface area contributed by atoms with Crippen molar-refractivity contribution < 1.29 is 9.59 Å². The Kier molecular flexibility index (Phi) is 6.88. The second kappa shape index (κ2) is 8.42. The van der Waals surface area contributed by atoms with Crippen LogP contribution >= 0.6 is 0 Å². The molecule has 0 bridgehead atoms. The van der Waals surface area contributed by atoms with Gasteiger partial charge in [0.05, 0.1) is 0 Å². The van der Waals surface area contributed by atoms with Gasteiger partial charge in [-0.15, -0.1) is 0 Å². The molecule has 5 heteroatoms. The van der Waals surface area contributed by atoms with Gasteiger partial charge in [-0.1, -0.05) is 13.8 Å². The van der Waals surface area contributed by atoms with Crippen molar-refractivity contribution in [1.29, 1.82) is 0 Å². The van der Waals surface area contributed by atoms with E-state index >= 15 is 0 Å². The number of carbonyl (C=O) groups excluding carboxylic acids is 2. The molecule has 1 aromatic carbocycles. The standard InChI is InChI=1S/C16H25N3O2/c1-5-17-10-12(4)15(20)19-14-8-7-13(9-11(14)3)16(21)18-6-2/h7-9,12,17H,5-6,10H2,1-4H3,(H,18,21)(H,19,20). The van der Waals surface area contributed by atoms with Crippen LogP contribution in [-0.4, -0.2) is 31.4 Å². The van der Waals surface area contributed by atoms with E-state index in [0.717, 1.165) is 17.8 Å². The molecule has 0 aromatic heterocycles. The Labute approximate surface area is 126 Å². The number of anilines is 1. The number of amides is 2. The number of rotatable bonds is 7. The van der Waals surface area contributed by atoms with Crippen molar-refractivity contribution in [1.82, 2.24) is 10.6 Å². The van der Waals surface area contributed by atoms with Gasteiger partial charge in [0.25, 0.3) is 5.91 Å². The zero-order valence-electron chi connectivity index (χ0n) is 13.2. The third-order valence-electron chi connectivity index (χ3n) is 3.23. The van der Waals surface area contributed by atoms with Crippen LogP contribution in [0.1, 0.15) is 36.7 Å². The highest BCUT2D eigenvalue weighted by Crippen LogP contribution is 2.17. The third kappa shape index (κ3) is 5.19.